The minimum absolute atomic E-state index is 0.648. The monoisotopic (exact) mass is 251 g/mol. The zero-order chi connectivity index (χ0) is 13.4. The molecule has 0 amide bonds. The summed E-state index contributed by atoms with van der Waals surface area (Å²) in [5.41, 5.74) is 1.36. The second-order valence-electron chi connectivity index (χ2n) is 5.52. The van der Waals surface area contributed by atoms with Crippen molar-refractivity contribution in [3.8, 4) is 0 Å². The summed E-state index contributed by atoms with van der Waals surface area (Å²) in [7, 11) is 0. The van der Waals surface area contributed by atoms with E-state index in [9.17, 15) is 0 Å². The maximum absolute atomic E-state index is 4.33. The molecule has 18 heavy (non-hydrogen) atoms. The Kier molecular flexibility index (Phi) is 7.02. The van der Waals surface area contributed by atoms with Crippen molar-refractivity contribution in [2.45, 2.75) is 66.0 Å². The van der Waals surface area contributed by atoms with Crippen LogP contribution in [-0.2, 0) is 13.0 Å². The van der Waals surface area contributed by atoms with Crippen LogP contribution < -0.4 is 5.32 Å². The Morgan fingerprint density at radius 2 is 2.11 bits per heavy atom. The SMILES string of the molecule is CCCNC(CCc1cnn(CC)c1)CC(C)C. The third kappa shape index (κ3) is 5.67. The van der Waals surface area contributed by atoms with Crippen LogP contribution in [0.15, 0.2) is 12.4 Å². The molecule has 0 bridgehead atoms. The van der Waals surface area contributed by atoms with Gasteiger partial charge in [-0.3, -0.25) is 4.68 Å². The molecule has 1 N–H and O–H groups in total. The lowest BCUT2D eigenvalue weighted by Crippen LogP contribution is -2.31. The lowest BCUT2D eigenvalue weighted by molar-refractivity contribution is 0.398. The molecular weight excluding hydrogens is 222 g/mol. The maximum Gasteiger partial charge on any atom is 0.0521 e. The molecule has 1 aromatic rings. The fourth-order valence-electron chi connectivity index (χ4n) is 2.27. The average Bonchev–Trinajstić information content (AvgIpc) is 2.80. The van der Waals surface area contributed by atoms with Crippen molar-refractivity contribution < 1.29 is 0 Å². The lowest BCUT2D eigenvalue weighted by atomic mass is 9.98. The van der Waals surface area contributed by atoms with E-state index in [-0.39, 0.29) is 0 Å². The molecule has 0 spiro atoms. The van der Waals surface area contributed by atoms with Gasteiger partial charge in [0.1, 0.15) is 0 Å². The zero-order valence-electron chi connectivity index (χ0n) is 12.4. The zero-order valence-corrected chi connectivity index (χ0v) is 12.4. The van der Waals surface area contributed by atoms with Crippen molar-refractivity contribution >= 4 is 0 Å². The van der Waals surface area contributed by atoms with Gasteiger partial charge in [0.25, 0.3) is 0 Å². The van der Waals surface area contributed by atoms with E-state index in [2.05, 4.69) is 44.3 Å². The molecule has 0 saturated carbocycles. The number of rotatable bonds is 9. The van der Waals surface area contributed by atoms with Crippen molar-refractivity contribution in [3.05, 3.63) is 18.0 Å². The summed E-state index contributed by atoms with van der Waals surface area (Å²) >= 11 is 0. The fraction of sp³-hybridized carbons (Fsp3) is 0.800. The quantitative estimate of drug-likeness (QED) is 0.730. The van der Waals surface area contributed by atoms with E-state index in [0.29, 0.717) is 6.04 Å². The van der Waals surface area contributed by atoms with Gasteiger partial charge in [-0.05, 0) is 50.6 Å². The third-order valence-electron chi connectivity index (χ3n) is 3.23. The summed E-state index contributed by atoms with van der Waals surface area (Å²) in [5, 5.41) is 8.00. The molecule has 0 aliphatic heterocycles. The molecule has 0 saturated heterocycles. The van der Waals surface area contributed by atoms with Crippen LogP contribution in [0.1, 0.15) is 52.5 Å². The largest absolute Gasteiger partial charge is 0.314 e. The molecule has 1 heterocycles. The topological polar surface area (TPSA) is 29.9 Å². The van der Waals surface area contributed by atoms with Crippen LogP contribution in [0.3, 0.4) is 0 Å². The van der Waals surface area contributed by atoms with Gasteiger partial charge in [0.05, 0.1) is 6.20 Å². The van der Waals surface area contributed by atoms with E-state index in [4.69, 9.17) is 0 Å². The van der Waals surface area contributed by atoms with Crippen molar-refractivity contribution in [1.82, 2.24) is 15.1 Å². The summed E-state index contributed by atoms with van der Waals surface area (Å²) in [6.07, 6.45) is 9.01. The first-order valence-electron chi connectivity index (χ1n) is 7.40. The predicted molar refractivity (Wildman–Crippen MR) is 77.8 cm³/mol. The van der Waals surface area contributed by atoms with Crippen LogP contribution in [0.2, 0.25) is 0 Å². The smallest absolute Gasteiger partial charge is 0.0521 e. The molecule has 0 radical (unpaired) electrons. The second kappa shape index (κ2) is 8.30. The summed E-state index contributed by atoms with van der Waals surface area (Å²) in [6, 6.07) is 0.648. The minimum Gasteiger partial charge on any atom is -0.314 e. The van der Waals surface area contributed by atoms with Crippen LogP contribution >= 0.6 is 0 Å². The molecule has 1 rings (SSSR count). The standard InChI is InChI=1S/C15H29N3/c1-5-9-16-15(10-13(3)4)8-7-14-11-17-18(6-2)12-14/h11-13,15-16H,5-10H2,1-4H3. The molecule has 104 valence electrons. The summed E-state index contributed by atoms with van der Waals surface area (Å²) in [6.45, 7) is 11.0. The first kappa shape index (κ1) is 15.2. The molecule has 0 fully saturated rings. The Balaban J connectivity index is 2.39. The number of nitrogens with zero attached hydrogens (tertiary/aromatic N) is 2. The minimum atomic E-state index is 0.648. The van der Waals surface area contributed by atoms with Gasteiger partial charge >= 0.3 is 0 Å². The molecule has 3 heteroatoms. The van der Waals surface area contributed by atoms with Gasteiger partial charge in [0.15, 0.2) is 0 Å². The molecule has 0 aliphatic carbocycles. The Morgan fingerprint density at radius 1 is 1.33 bits per heavy atom. The summed E-state index contributed by atoms with van der Waals surface area (Å²) in [5.74, 6) is 0.762. The van der Waals surface area contributed by atoms with Gasteiger partial charge in [-0.25, -0.2) is 0 Å². The van der Waals surface area contributed by atoms with Gasteiger partial charge in [-0.15, -0.1) is 0 Å². The normalized spacial score (nSPS) is 13.2. The summed E-state index contributed by atoms with van der Waals surface area (Å²) in [4.78, 5) is 0. The van der Waals surface area contributed by atoms with Crippen molar-refractivity contribution in [2.24, 2.45) is 5.92 Å². The van der Waals surface area contributed by atoms with Gasteiger partial charge in [-0.2, -0.15) is 5.10 Å². The van der Waals surface area contributed by atoms with Gasteiger partial charge in [0.2, 0.25) is 0 Å². The maximum atomic E-state index is 4.33. The van der Waals surface area contributed by atoms with E-state index in [1.165, 1.54) is 24.8 Å². The lowest BCUT2D eigenvalue weighted by Gasteiger charge is -2.20. The highest BCUT2D eigenvalue weighted by Gasteiger charge is 2.10. The van der Waals surface area contributed by atoms with Crippen LogP contribution in [0.4, 0.5) is 0 Å². The summed E-state index contributed by atoms with van der Waals surface area (Å²) < 4.78 is 2.01. The van der Waals surface area contributed by atoms with Crippen molar-refractivity contribution in [1.29, 1.82) is 0 Å². The number of aromatic nitrogens is 2. The van der Waals surface area contributed by atoms with Crippen LogP contribution in [0.25, 0.3) is 0 Å². The Hall–Kier alpha value is -0.830. The number of hydrogen-bond acceptors (Lipinski definition) is 2. The second-order valence-corrected chi connectivity index (χ2v) is 5.52. The molecule has 3 nitrogen and oxygen atoms in total. The fourth-order valence-corrected chi connectivity index (χ4v) is 2.27. The number of nitrogens with one attached hydrogen (secondary N) is 1. The van der Waals surface area contributed by atoms with E-state index in [1.54, 1.807) is 0 Å². The molecule has 1 atom stereocenters. The Bertz CT molecular complexity index is 317. The highest BCUT2D eigenvalue weighted by Crippen LogP contribution is 2.12. The first-order valence-corrected chi connectivity index (χ1v) is 7.40. The number of aryl methyl sites for hydroxylation is 2. The van der Waals surface area contributed by atoms with Gasteiger partial charge < -0.3 is 5.32 Å². The van der Waals surface area contributed by atoms with E-state index >= 15 is 0 Å². The van der Waals surface area contributed by atoms with Crippen LogP contribution in [0, 0.1) is 5.92 Å². The Morgan fingerprint density at radius 3 is 2.67 bits per heavy atom. The van der Waals surface area contributed by atoms with E-state index in [1.807, 2.05) is 10.9 Å². The predicted octanol–water partition coefficient (Wildman–Crippen LogP) is 3.25. The van der Waals surface area contributed by atoms with Crippen LogP contribution in [0.5, 0.6) is 0 Å². The van der Waals surface area contributed by atoms with E-state index in [0.717, 1.165) is 25.4 Å². The molecular formula is C15H29N3. The molecule has 1 aromatic heterocycles. The average molecular weight is 251 g/mol. The molecule has 1 unspecified atom stereocenters. The molecule has 0 aliphatic rings. The van der Waals surface area contributed by atoms with Gasteiger partial charge in [0, 0.05) is 18.8 Å². The van der Waals surface area contributed by atoms with Gasteiger partial charge in [-0.1, -0.05) is 20.8 Å². The molecule has 0 aromatic carbocycles. The number of hydrogen-bond donors (Lipinski definition) is 1. The Labute approximate surface area is 112 Å². The van der Waals surface area contributed by atoms with Crippen molar-refractivity contribution in [3.63, 3.8) is 0 Å². The first-order chi connectivity index (χ1) is 8.65. The van der Waals surface area contributed by atoms with Crippen molar-refractivity contribution in [2.75, 3.05) is 6.54 Å². The van der Waals surface area contributed by atoms with Crippen LogP contribution in [-0.4, -0.2) is 22.4 Å². The third-order valence-corrected chi connectivity index (χ3v) is 3.23. The van der Waals surface area contributed by atoms with E-state index < -0.39 is 0 Å². The highest BCUT2D eigenvalue weighted by atomic mass is 15.3. The highest BCUT2D eigenvalue weighted by molar-refractivity contribution is 5.04.